The molecule has 1 unspecified atom stereocenters. The van der Waals surface area contributed by atoms with Crippen LogP contribution in [-0.2, 0) is 4.79 Å². The molecule has 0 bridgehead atoms. The predicted molar refractivity (Wildman–Crippen MR) is 103 cm³/mol. The van der Waals surface area contributed by atoms with Crippen LogP contribution in [0.5, 0.6) is 0 Å². The Bertz CT molecular complexity index is 807. The number of nitrogens with one attached hydrogen (secondary N) is 3. The molecule has 0 saturated carbocycles. The first-order valence-electron chi connectivity index (χ1n) is 8.96. The van der Waals surface area contributed by atoms with Gasteiger partial charge >= 0.3 is 0 Å². The molecule has 2 amide bonds. The predicted octanol–water partition coefficient (Wildman–Crippen LogP) is 1.99. The Labute approximate surface area is 157 Å². The van der Waals surface area contributed by atoms with Gasteiger partial charge in [0.15, 0.2) is 0 Å². The number of nitrogens with zero attached hydrogens (tertiary/aromatic N) is 1. The number of carbonyl (C=O) groups is 2. The first-order chi connectivity index (χ1) is 13.0. The summed E-state index contributed by atoms with van der Waals surface area (Å²) >= 11 is 0. The molecule has 142 valence electrons. The van der Waals surface area contributed by atoms with Gasteiger partial charge in [-0.2, -0.15) is 0 Å². The molecule has 1 aliphatic rings. The Kier molecular flexibility index (Phi) is 6.03. The fourth-order valence-electron chi connectivity index (χ4n) is 2.97. The number of benzene rings is 2. The summed E-state index contributed by atoms with van der Waals surface area (Å²) in [5.74, 6) is -1.16. The molecular formula is C20H23FN4O2. The summed E-state index contributed by atoms with van der Waals surface area (Å²) in [7, 11) is 0. The monoisotopic (exact) mass is 370 g/mol. The van der Waals surface area contributed by atoms with Gasteiger partial charge in [-0.15, -0.1) is 0 Å². The highest BCUT2D eigenvalue weighted by Crippen LogP contribution is 2.27. The maximum absolute atomic E-state index is 13.7. The molecule has 1 atom stereocenters. The average Bonchev–Trinajstić information content (AvgIpc) is 2.69. The van der Waals surface area contributed by atoms with Gasteiger partial charge in [0.25, 0.3) is 5.91 Å². The van der Waals surface area contributed by atoms with Gasteiger partial charge in [-0.3, -0.25) is 9.59 Å². The van der Waals surface area contributed by atoms with Gasteiger partial charge in [0.1, 0.15) is 11.9 Å². The third kappa shape index (κ3) is 4.83. The highest BCUT2D eigenvalue weighted by Gasteiger charge is 2.20. The van der Waals surface area contributed by atoms with Crippen LogP contribution in [0, 0.1) is 5.82 Å². The number of carbonyl (C=O) groups excluding carboxylic acids is 2. The van der Waals surface area contributed by atoms with E-state index in [0.717, 1.165) is 31.9 Å². The molecule has 3 N–H and O–H groups in total. The number of hydrogen-bond donors (Lipinski definition) is 3. The molecule has 6 nitrogen and oxygen atoms in total. The van der Waals surface area contributed by atoms with Gasteiger partial charge in [-0.05, 0) is 37.3 Å². The molecule has 0 aromatic heterocycles. The number of amides is 2. The molecule has 3 rings (SSSR count). The van der Waals surface area contributed by atoms with E-state index in [1.54, 1.807) is 37.3 Å². The Morgan fingerprint density at radius 3 is 2.52 bits per heavy atom. The summed E-state index contributed by atoms with van der Waals surface area (Å²) in [5.41, 5.74) is 1.65. The standard InChI is InChI=1S/C20H23FN4O2/c1-14(23-20(27)15-5-3-2-4-6-15)19(26)24-17-13-16(21)7-8-18(17)25-11-9-22-10-12-25/h2-8,13-14,22H,9-12H2,1H3,(H,23,27)(H,24,26). The topological polar surface area (TPSA) is 73.5 Å². The smallest absolute Gasteiger partial charge is 0.251 e. The Morgan fingerprint density at radius 2 is 1.81 bits per heavy atom. The molecule has 27 heavy (non-hydrogen) atoms. The van der Waals surface area contributed by atoms with E-state index in [4.69, 9.17) is 0 Å². The minimum absolute atomic E-state index is 0.333. The Morgan fingerprint density at radius 1 is 1.11 bits per heavy atom. The van der Waals surface area contributed by atoms with Crippen molar-refractivity contribution in [2.24, 2.45) is 0 Å². The van der Waals surface area contributed by atoms with Crippen molar-refractivity contribution in [2.75, 3.05) is 36.4 Å². The quantitative estimate of drug-likeness (QED) is 0.753. The van der Waals surface area contributed by atoms with E-state index in [9.17, 15) is 14.0 Å². The van der Waals surface area contributed by atoms with Crippen LogP contribution in [0.15, 0.2) is 48.5 Å². The second-order valence-corrected chi connectivity index (χ2v) is 6.45. The average molecular weight is 370 g/mol. The Balaban J connectivity index is 1.69. The highest BCUT2D eigenvalue weighted by atomic mass is 19.1. The lowest BCUT2D eigenvalue weighted by Crippen LogP contribution is -2.44. The number of anilines is 2. The van der Waals surface area contributed by atoms with E-state index in [1.165, 1.54) is 12.1 Å². The summed E-state index contributed by atoms with van der Waals surface area (Å²) < 4.78 is 13.7. The third-order valence-electron chi connectivity index (χ3n) is 4.45. The van der Waals surface area contributed by atoms with Crippen molar-refractivity contribution in [1.82, 2.24) is 10.6 Å². The SMILES string of the molecule is CC(NC(=O)c1ccccc1)C(=O)Nc1cc(F)ccc1N1CCNCC1. The zero-order chi connectivity index (χ0) is 19.2. The van der Waals surface area contributed by atoms with E-state index in [2.05, 4.69) is 20.9 Å². The van der Waals surface area contributed by atoms with E-state index in [0.29, 0.717) is 11.3 Å². The molecule has 0 aliphatic carbocycles. The van der Waals surface area contributed by atoms with Crippen molar-refractivity contribution in [3.63, 3.8) is 0 Å². The Hall–Kier alpha value is -2.93. The summed E-state index contributed by atoms with van der Waals surface area (Å²) in [6.07, 6.45) is 0. The summed E-state index contributed by atoms with van der Waals surface area (Å²) in [5, 5.41) is 8.67. The zero-order valence-corrected chi connectivity index (χ0v) is 15.2. The van der Waals surface area contributed by atoms with Crippen LogP contribution >= 0.6 is 0 Å². The van der Waals surface area contributed by atoms with E-state index < -0.39 is 17.8 Å². The molecule has 1 saturated heterocycles. The summed E-state index contributed by atoms with van der Waals surface area (Å²) in [4.78, 5) is 26.9. The maximum Gasteiger partial charge on any atom is 0.251 e. The van der Waals surface area contributed by atoms with E-state index in [-0.39, 0.29) is 5.91 Å². The van der Waals surface area contributed by atoms with Crippen LogP contribution in [0.4, 0.5) is 15.8 Å². The number of piperazine rings is 1. The van der Waals surface area contributed by atoms with Crippen molar-refractivity contribution >= 4 is 23.2 Å². The first kappa shape index (κ1) is 18.8. The van der Waals surface area contributed by atoms with Gasteiger partial charge in [0.2, 0.25) is 5.91 Å². The fourth-order valence-corrected chi connectivity index (χ4v) is 2.97. The van der Waals surface area contributed by atoms with Crippen LogP contribution in [0.3, 0.4) is 0 Å². The van der Waals surface area contributed by atoms with Crippen LogP contribution in [-0.4, -0.2) is 44.0 Å². The largest absolute Gasteiger partial charge is 0.367 e. The summed E-state index contributed by atoms with van der Waals surface area (Å²) in [6.45, 7) is 4.80. The van der Waals surface area contributed by atoms with Gasteiger partial charge in [-0.1, -0.05) is 18.2 Å². The van der Waals surface area contributed by atoms with Crippen LogP contribution in [0.1, 0.15) is 17.3 Å². The molecule has 7 heteroatoms. The van der Waals surface area contributed by atoms with Gasteiger partial charge in [0.05, 0.1) is 11.4 Å². The minimum Gasteiger partial charge on any atom is -0.367 e. The maximum atomic E-state index is 13.7. The lowest BCUT2D eigenvalue weighted by molar-refractivity contribution is -0.117. The van der Waals surface area contributed by atoms with Crippen molar-refractivity contribution in [1.29, 1.82) is 0 Å². The molecule has 1 heterocycles. The number of rotatable bonds is 5. The van der Waals surface area contributed by atoms with Gasteiger partial charge in [-0.25, -0.2) is 4.39 Å². The normalized spacial score (nSPS) is 15.1. The lowest BCUT2D eigenvalue weighted by Gasteiger charge is -2.31. The van der Waals surface area contributed by atoms with Crippen LogP contribution in [0.2, 0.25) is 0 Å². The minimum atomic E-state index is -0.767. The number of halogens is 1. The molecular weight excluding hydrogens is 347 g/mol. The van der Waals surface area contributed by atoms with Crippen molar-refractivity contribution in [3.05, 3.63) is 59.9 Å². The summed E-state index contributed by atoms with van der Waals surface area (Å²) in [6, 6.07) is 12.3. The second-order valence-electron chi connectivity index (χ2n) is 6.45. The first-order valence-corrected chi connectivity index (χ1v) is 8.96. The van der Waals surface area contributed by atoms with E-state index in [1.807, 2.05) is 6.07 Å². The van der Waals surface area contributed by atoms with Crippen molar-refractivity contribution < 1.29 is 14.0 Å². The molecule has 0 radical (unpaired) electrons. The van der Waals surface area contributed by atoms with Gasteiger partial charge in [0, 0.05) is 31.7 Å². The molecule has 2 aromatic rings. The van der Waals surface area contributed by atoms with Crippen molar-refractivity contribution in [2.45, 2.75) is 13.0 Å². The molecule has 0 spiro atoms. The van der Waals surface area contributed by atoms with E-state index >= 15 is 0 Å². The van der Waals surface area contributed by atoms with Crippen molar-refractivity contribution in [3.8, 4) is 0 Å². The number of hydrogen-bond acceptors (Lipinski definition) is 4. The lowest BCUT2D eigenvalue weighted by atomic mass is 10.2. The van der Waals surface area contributed by atoms with Crippen LogP contribution in [0.25, 0.3) is 0 Å². The fraction of sp³-hybridized carbons (Fsp3) is 0.300. The zero-order valence-electron chi connectivity index (χ0n) is 15.2. The highest BCUT2D eigenvalue weighted by molar-refractivity contribution is 6.02. The van der Waals surface area contributed by atoms with Crippen LogP contribution < -0.4 is 20.9 Å². The molecule has 1 aliphatic heterocycles. The molecule has 2 aromatic carbocycles. The third-order valence-corrected chi connectivity index (χ3v) is 4.45. The van der Waals surface area contributed by atoms with Gasteiger partial charge < -0.3 is 20.9 Å². The molecule has 1 fully saturated rings. The second kappa shape index (κ2) is 8.64.